The third kappa shape index (κ3) is 4.36. The molecule has 0 aliphatic rings. The van der Waals surface area contributed by atoms with Crippen LogP contribution in [0.1, 0.15) is 31.1 Å². The number of para-hydroxylation sites is 1. The van der Waals surface area contributed by atoms with Crippen LogP contribution in [-0.4, -0.2) is 16.7 Å². The Kier molecular flexibility index (Phi) is 4.85. The molecule has 0 aromatic heterocycles. The van der Waals surface area contributed by atoms with Crippen molar-refractivity contribution in [3.63, 3.8) is 0 Å². The van der Waals surface area contributed by atoms with E-state index < -0.39 is 11.6 Å². The van der Waals surface area contributed by atoms with E-state index in [4.69, 9.17) is 4.74 Å². The van der Waals surface area contributed by atoms with E-state index in [-0.39, 0.29) is 28.4 Å². The van der Waals surface area contributed by atoms with Crippen molar-refractivity contribution in [3.8, 4) is 5.75 Å². The summed E-state index contributed by atoms with van der Waals surface area (Å²) >= 11 is 0. The number of esters is 1. The zero-order chi connectivity index (χ0) is 10.8. The molecule has 0 spiro atoms. The predicted octanol–water partition coefficient (Wildman–Crippen LogP) is 2.35. The first kappa shape index (κ1) is 14.0. The molecule has 1 rings (SSSR count). The fourth-order valence-electron chi connectivity index (χ4n) is 0.979. The summed E-state index contributed by atoms with van der Waals surface area (Å²) in [5, 5.41) is 9.38. The van der Waals surface area contributed by atoms with Crippen molar-refractivity contribution in [1.82, 2.24) is 0 Å². The van der Waals surface area contributed by atoms with Crippen molar-refractivity contribution in [2.75, 3.05) is 0 Å². The molecule has 1 aromatic carbocycles. The minimum Gasteiger partial charge on any atom is -0.507 e. The average molecular weight is 258 g/mol. The Hall–Kier alpha value is -0.991. The van der Waals surface area contributed by atoms with Gasteiger partial charge in [-0.3, -0.25) is 0 Å². The minimum absolute atomic E-state index is 0. The number of phenolic OH excluding ortho intramolecular Hbond substituents is 1. The number of carbonyl (C=O) groups is 1. The van der Waals surface area contributed by atoms with Crippen LogP contribution in [0.4, 0.5) is 0 Å². The third-order valence-corrected chi connectivity index (χ3v) is 1.52. The molecule has 0 atom stereocenters. The van der Waals surface area contributed by atoms with Crippen LogP contribution in [0.2, 0.25) is 0 Å². The van der Waals surface area contributed by atoms with Gasteiger partial charge in [0, 0.05) is 17.1 Å². The van der Waals surface area contributed by atoms with Crippen molar-refractivity contribution >= 4 is 5.97 Å². The third-order valence-electron chi connectivity index (χ3n) is 1.52. The normalized spacial score (nSPS) is 10.3. The van der Waals surface area contributed by atoms with Crippen LogP contribution < -0.4 is 0 Å². The number of phenols is 1. The van der Waals surface area contributed by atoms with E-state index in [2.05, 4.69) is 0 Å². The van der Waals surface area contributed by atoms with Crippen LogP contribution in [0.25, 0.3) is 0 Å². The molecule has 0 unspecified atom stereocenters. The van der Waals surface area contributed by atoms with Crippen LogP contribution in [0.5, 0.6) is 5.75 Å². The van der Waals surface area contributed by atoms with Crippen LogP contribution in [-0.2, 0) is 21.8 Å². The molecule has 0 heterocycles. The van der Waals surface area contributed by atoms with Gasteiger partial charge in [-0.1, -0.05) is 12.1 Å². The molecule has 0 amide bonds. The number of hydrogen-bond donors (Lipinski definition) is 1. The zero-order valence-electron chi connectivity index (χ0n) is 8.87. The van der Waals surface area contributed by atoms with Gasteiger partial charge >= 0.3 is 5.97 Å². The van der Waals surface area contributed by atoms with E-state index in [0.29, 0.717) is 0 Å². The quantitative estimate of drug-likeness (QED) is 0.621. The van der Waals surface area contributed by atoms with Gasteiger partial charge in [0.1, 0.15) is 16.9 Å². The Labute approximate surface area is 99.9 Å². The maximum atomic E-state index is 11.5. The van der Waals surface area contributed by atoms with Gasteiger partial charge in [0.05, 0.1) is 0 Å². The monoisotopic (exact) mass is 257 g/mol. The molecule has 3 nitrogen and oxygen atoms in total. The number of aromatic hydroxyl groups is 1. The largest absolute Gasteiger partial charge is 0.507 e. The van der Waals surface area contributed by atoms with Gasteiger partial charge in [-0.05, 0) is 32.9 Å². The number of carbonyl (C=O) groups excluding carboxylic acids is 1. The van der Waals surface area contributed by atoms with E-state index in [1.807, 2.05) is 0 Å². The molecule has 0 fully saturated rings. The second kappa shape index (κ2) is 5.19. The van der Waals surface area contributed by atoms with Gasteiger partial charge in [-0.15, -0.1) is 0 Å². The average Bonchev–Trinajstić information content (AvgIpc) is 2.01. The van der Waals surface area contributed by atoms with E-state index >= 15 is 0 Å². The molecule has 15 heavy (non-hydrogen) atoms. The first-order valence-corrected chi connectivity index (χ1v) is 4.41. The molecular weight excluding hydrogens is 244 g/mol. The summed E-state index contributed by atoms with van der Waals surface area (Å²) in [7, 11) is 0. The fraction of sp³-hybridized carbons (Fsp3) is 0.364. The maximum Gasteiger partial charge on any atom is 0.342 e. The van der Waals surface area contributed by atoms with E-state index in [1.165, 1.54) is 12.1 Å². The first-order chi connectivity index (χ1) is 6.40. The summed E-state index contributed by atoms with van der Waals surface area (Å²) in [6.45, 7) is 5.35. The molecule has 4 heteroatoms. The Morgan fingerprint density at radius 3 is 2.27 bits per heavy atom. The summed E-state index contributed by atoms with van der Waals surface area (Å²) in [5.41, 5.74) is -0.346. The first-order valence-electron chi connectivity index (χ1n) is 4.41. The smallest absolute Gasteiger partial charge is 0.342 e. The molecule has 1 aromatic rings. The maximum absolute atomic E-state index is 11.5. The zero-order valence-corrected chi connectivity index (χ0v) is 9.82. The van der Waals surface area contributed by atoms with Gasteiger partial charge in [0.15, 0.2) is 0 Å². The molecule has 1 N–H and O–H groups in total. The second-order valence-corrected chi connectivity index (χ2v) is 4.02. The predicted molar refractivity (Wildman–Crippen MR) is 53.3 cm³/mol. The van der Waals surface area contributed by atoms with Crippen LogP contribution in [0.15, 0.2) is 24.3 Å². The second-order valence-electron chi connectivity index (χ2n) is 4.02. The van der Waals surface area contributed by atoms with Crippen LogP contribution in [0, 0.1) is 0 Å². The van der Waals surface area contributed by atoms with Gasteiger partial charge in [0.25, 0.3) is 0 Å². The van der Waals surface area contributed by atoms with E-state index in [9.17, 15) is 9.90 Å². The van der Waals surface area contributed by atoms with E-state index in [1.54, 1.807) is 32.9 Å². The number of benzene rings is 1. The van der Waals surface area contributed by atoms with Crippen molar-refractivity contribution < 1.29 is 31.7 Å². The Morgan fingerprint density at radius 1 is 1.27 bits per heavy atom. The summed E-state index contributed by atoms with van der Waals surface area (Å²) in [6.07, 6.45) is 0. The SMILES string of the molecule is CC(C)(C)OC(=O)c1ccccc1O.[Cu]. The molecule has 0 aliphatic carbocycles. The van der Waals surface area contributed by atoms with Crippen molar-refractivity contribution in [1.29, 1.82) is 0 Å². The van der Waals surface area contributed by atoms with Gasteiger partial charge < -0.3 is 9.84 Å². The number of ether oxygens (including phenoxy) is 1. The Balaban J connectivity index is 0.00000196. The van der Waals surface area contributed by atoms with Gasteiger partial charge in [0.2, 0.25) is 0 Å². The van der Waals surface area contributed by atoms with Crippen molar-refractivity contribution in [2.45, 2.75) is 26.4 Å². The van der Waals surface area contributed by atoms with Crippen molar-refractivity contribution in [3.05, 3.63) is 29.8 Å². The Morgan fingerprint density at radius 2 is 1.80 bits per heavy atom. The molecule has 0 saturated carbocycles. The van der Waals surface area contributed by atoms with Gasteiger partial charge in [-0.2, -0.15) is 0 Å². The summed E-state index contributed by atoms with van der Waals surface area (Å²) < 4.78 is 5.11. The molecule has 0 saturated heterocycles. The van der Waals surface area contributed by atoms with Crippen molar-refractivity contribution in [2.24, 2.45) is 0 Å². The summed E-state index contributed by atoms with van der Waals surface area (Å²) in [4.78, 5) is 11.5. The minimum atomic E-state index is -0.542. The molecule has 1 radical (unpaired) electrons. The number of rotatable bonds is 1. The van der Waals surface area contributed by atoms with Gasteiger partial charge in [-0.25, -0.2) is 4.79 Å². The van der Waals surface area contributed by atoms with E-state index in [0.717, 1.165) is 0 Å². The van der Waals surface area contributed by atoms with Crippen LogP contribution in [0.3, 0.4) is 0 Å². The summed E-state index contributed by atoms with van der Waals surface area (Å²) in [5.74, 6) is -0.558. The summed E-state index contributed by atoms with van der Waals surface area (Å²) in [6, 6.07) is 6.32. The Bertz CT molecular complexity index is 342. The van der Waals surface area contributed by atoms with Crippen LogP contribution >= 0.6 is 0 Å². The number of hydrogen-bond acceptors (Lipinski definition) is 3. The standard InChI is InChI=1S/C11H14O3.Cu/c1-11(2,3)14-10(13)8-6-4-5-7-9(8)12;/h4-7,12H,1-3H3;. The topological polar surface area (TPSA) is 46.5 Å². The molecule has 87 valence electrons. The molecule has 0 aliphatic heterocycles. The fourth-order valence-corrected chi connectivity index (χ4v) is 0.979. The molecule has 0 bridgehead atoms. The molecular formula is C11H14CuO3.